The van der Waals surface area contributed by atoms with Crippen LogP contribution in [0, 0.1) is 0 Å². The quantitative estimate of drug-likeness (QED) is 0.466. The van der Waals surface area contributed by atoms with Gasteiger partial charge in [-0.3, -0.25) is 0 Å². The van der Waals surface area contributed by atoms with Crippen molar-refractivity contribution in [3.05, 3.63) is 11.9 Å². The molecule has 7 heteroatoms. The van der Waals surface area contributed by atoms with E-state index < -0.39 is 0 Å². The second kappa shape index (κ2) is 7.04. The zero-order valence-electron chi connectivity index (χ0n) is 11.3. The molecule has 2 heterocycles. The van der Waals surface area contributed by atoms with E-state index in [0.29, 0.717) is 30.1 Å². The van der Waals surface area contributed by atoms with Crippen LogP contribution in [-0.2, 0) is 16.1 Å². The maximum Gasteiger partial charge on any atom is 0.157 e. The van der Waals surface area contributed by atoms with E-state index in [1.165, 1.54) is 0 Å². The highest BCUT2D eigenvalue weighted by atomic mass is 32.2. The summed E-state index contributed by atoms with van der Waals surface area (Å²) in [6.45, 7) is 5.89. The number of nitrogens with two attached hydrogens (primary N) is 1. The summed E-state index contributed by atoms with van der Waals surface area (Å²) in [5, 5.41) is 1.33. The summed E-state index contributed by atoms with van der Waals surface area (Å²) in [5.74, 6) is 6.69. The number of aromatic nitrogens is 2. The van der Waals surface area contributed by atoms with Crippen LogP contribution in [0.2, 0.25) is 0 Å². The molecule has 3 N–H and O–H groups in total. The van der Waals surface area contributed by atoms with E-state index in [1.807, 2.05) is 13.0 Å². The van der Waals surface area contributed by atoms with Crippen LogP contribution in [-0.4, -0.2) is 34.5 Å². The first-order valence-corrected chi connectivity index (χ1v) is 7.31. The number of nitrogen functional groups attached to an aromatic ring is 1. The Bertz CT molecular complexity index is 419. The summed E-state index contributed by atoms with van der Waals surface area (Å²) in [4.78, 5) is 8.76. The number of nitrogens with one attached hydrogen (secondary N) is 1. The van der Waals surface area contributed by atoms with Crippen LogP contribution >= 0.6 is 11.8 Å². The molecule has 2 atom stereocenters. The molecule has 2 rings (SSSR count). The normalized spacial score (nSPS) is 22.7. The molecule has 0 amide bonds. The van der Waals surface area contributed by atoms with Gasteiger partial charge >= 0.3 is 0 Å². The number of nitrogens with zero attached hydrogens (tertiary/aromatic N) is 2. The molecule has 0 saturated carbocycles. The highest BCUT2D eigenvalue weighted by Gasteiger charge is 2.25. The highest BCUT2D eigenvalue weighted by molar-refractivity contribution is 7.99. The smallest absolute Gasteiger partial charge is 0.157 e. The largest absolute Gasteiger partial charge is 0.377 e. The summed E-state index contributed by atoms with van der Waals surface area (Å²) in [6, 6.07) is 1.85. The van der Waals surface area contributed by atoms with Crippen LogP contribution in [0.3, 0.4) is 0 Å². The Kier molecular flexibility index (Phi) is 5.38. The lowest BCUT2D eigenvalue weighted by Gasteiger charge is -2.14. The Morgan fingerprint density at radius 1 is 1.58 bits per heavy atom. The summed E-state index contributed by atoms with van der Waals surface area (Å²) >= 11 is 1.71. The van der Waals surface area contributed by atoms with Gasteiger partial charge in [0.05, 0.1) is 6.10 Å². The van der Waals surface area contributed by atoms with Crippen molar-refractivity contribution in [2.75, 3.05) is 18.6 Å². The van der Waals surface area contributed by atoms with Crippen molar-refractivity contribution in [1.29, 1.82) is 0 Å². The molecule has 1 aromatic heterocycles. The van der Waals surface area contributed by atoms with Gasteiger partial charge in [-0.1, -0.05) is 0 Å². The highest BCUT2D eigenvalue weighted by Crippen LogP contribution is 2.32. The average Bonchev–Trinajstić information content (AvgIpc) is 2.81. The molecular weight excluding hydrogens is 264 g/mol. The summed E-state index contributed by atoms with van der Waals surface area (Å²) < 4.78 is 10.9. The number of anilines is 1. The van der Waals surface area contributed by atoms with E-state index in [0.717, 1.165) is 18.1 Å². The fourth-order valence-electron chi connectivity index (χ4n) is 1.89. The van der Waals surface area contributed by atoms with Crippen LogP contribution < -0.4 is 11.3 Å². The van der Waals surface area contributed by atoms with Gasteiger partial charge in [0, 0.05) is 24.5 Å². The fourth-order valence-corrected chi connectivity index (χ4v) is 3.02. The maximum atomic E-state index is 5.56. The molecule has 0 bridgehead atoms. The Morgan fingerprint density at radius 3 is 3.05 bits per heavy atom. The third kappa shape index (κ3) is 4.04. The molecule has 0 aromatic carbocycles. The minimum Gasteiger partial charge on any atom is -0.377 e. The molecule has 0 aliphatic carbocycles. The number of ether oxygens (including phenoxy) is 2. The SMILES string of the molecule is CCOCc1nc(NN)cc(SC2CCOC2C)n1. The fraction of sp³-hybridized carbons (Fsp3) is 0.667. The van der Waals surface area contributed by atoms with E-state index in [1.54, 1.807) is 11.8 Å². The van der Waals surface area contributed by atoms with Crippen LogP contribution in [0.4, 0.5) is 5.82 Å². The van der Waals surface area contributed by atoms with Gasteiger partial charge < -0.3 is 14.9 Å². The third-order valence-electron chi connectivity index (χ3n) is 2.91. The Morgan fingerprint density at radius 2 is 2.42 bits per heavy atom. The second-order valence-electron chi connectivity index (χ2n) is 4.31. The van der Waals surface area contributed by atoms with Gasteiger partial charge in [-0.2, -0.15) is 0 Å². The zero-order valence-corrected chi connectivity index (χ0v) is 12.1. The Labute approximate surface area is 117 Å². The first-order chi connectivity index (χ1) is 9.22. The van der Waals surface area contributed by atoms with Gasteiger partial charge in [-0.15, -0.1) is 11.8 Å². The third-order valence-corrected chi connectivity index (χ3v) is 4.28. The average molecular weight is 284 g/mol. The van der Waals surface area contributed by atoms with Gasteiger partial charge in [0.15, 0.2) is 5.82 Å². The van der Waals surface area contributed by atoms with E-state index in [4.69, 9.17) is 15.3 Å². The number of hydrazine groups is 1. The van der Waals surface area contributed by atoms with Crippen LogP contribution in [0.5, 0.6) is 0 Å². The Hall–Kier alpha value is -0.890. The van der Waals surface area contributed by atoms with Crippen LogP contribution in [0.25, 0.3) is 0 Å². The predicted octanol–water partition coefficient (Wildman–Crippen LogP) is 1.57. The molecule has 6 nitrogen and oxygen atoms in total. The summed E-state index contributed by atoms with van der Waals surface area (Å²) in [7, 11) is 0. The number of rotatable bonds is 6. The molecule has 1 saturated heterocycles. The van der Waals surface area contributed by atoms with Crippen molar-refractivity contribution in [2.24, 2.45) is 5.84 Å². The zero-order chi connectivity index (χ0) is 13.7. The van der Waals surface area contributed by atoms with Crippen LogP contribution in [0.15, 0.2) is 11.1 Å². The maximum absolute atomic E-state index is 5.56. The van der Waals surface area contributed by atoms with Gasteiger partial charge in [0.1, 0.15) is 17.5 Å². The molecule has 106 valence electrons. The van der Waals surface area contributed by atoms with E-state index >= 15 is 0 Å². The van der Waals surface area contributed by atoms with Crippen molar-refractivity contribution in [3.63, 3.8) is 0 Å². The first kappa shape index (κ1) is 14.5. The molecule has 2 unspecified atom stereocenters. The number of hydrogen-bond acceptors (Lipinski definition) is 7. The molecule has 1 aliphatic heterocycles. The minimum absolute atomic E-state index is 0.254. The topological polar surface area (TPSA) is 82.3 Å². The minimum atomic E-state index is 0.254. The standard InChI is InChI=1S/C12H20N4O2S/c1-3-17-7-11-14-10(16-13)6-12(15-11)19-9-4-5-18-8(9)2/h6,8-9H,3-5,7,13H2,1-2H3,(H,14,15,16). The number of thioether (sulfide) groups is 1. The monoisotopic (exact) mass is 284 g/mol. The Balaban J connectivity index is 2.09. The molecule has 0 spiro atoms. The van der Waals surface area contributed by atoms with Gasteiger partial charge in [0.2, 0.25) is 0 Å². The van der Waals surface area contributed by atoms with Crippen LogP contribution in [0.1, 0.15) is 26.1 Å². The van der Waals surface area contributed by atoms with Crippen molar-refractivity contribution in [2.45, 2.75) is 43.3 Å². The first-order valence-electron chi connectivity index (χ1n) is 6.43. The van der Waals surface area contributed by atoms with E-state index in [2.05, 4.69) is 22.3 Å². The second-order valence-corrected chi connectivity index (χ2v) is 5.57. The summed E-state index contributed by atoms with van der Waals surface area (Å²) in [6.07, 6.45) is 1.30. The van der Waals surface area contributed by atoms with Gasteiger partial charge in [-0.05, 0) is 20.3 Å². The van der Waals surface area contributed by atoms with Gasteiger partial charge in [-0.25, -0.2) is 15.8 Å². The van der Waals surface area contributed by atoms with Crippen molar-refractivity contribution in [3.8, 4) is 0 Å². The lowest BCUT2D eigenvalue weighted by Crippen LogP contribution is -2.15. The molecule has 19 heavy (non-hydrogen) atoms. The van der Waals surface area contributed by atoms with Crippen molar-refractivity contribution < 1.29 is 9.47 Å². The summed E-state index contributed by atoms with van der Waals surface area (Å²) in [5.41, 5.74) is 2.57. The molecule has 1 aliphatic rings. The molecule has 1 fully saturated rings. The van der Waals surface area contributed by atoms with Crippen molar-refractivity contribution in [1.82, 2.24) is 9.97 Å². The predicted molar refractivity (Wildman–Crippen MR) is 74.8 cm³/mol. The molecule has 0 radical (unpaired) electrons. The van der Waals surface area contributed by atoms with E-state index in [-0.39, 0.29) is 6.10 Å². The molecular formula is C12H20N4O2S. The van der Waals surface area contributed by atoms with E-state index in [9.17, 15) is 0 Å². The number of hydrogen-bond donors (Lipinski definition) is 2. The van der Waals surface area contributed by atoms with Crippen molar-refractivity contribution >= 4 is 17.6 Å². The lowest BCUT2D eigenvalue weighted by atomic mass is 10.3. The van der Waals surface area contributed by atoms with Gasteiger partial charge in [0.25, 0.3) is 0 Å². The molecule has 1 aromatic rings. The lowest BCUT2D eigenvalue weighted by molar-refractivity contribution is 0.127.